The van der Waals surface area contributed by atoms with E-state index in [0.29, 0.717) is 6.54 Å². The van der Waals surface area contributed by atoms with Crippen molar-refractivity contribution in [3.8, 4) is 0 Å². The van der Waals surface area contributed by atoms with Crippen LogP contribution >= 0.6 is 11.6 Å². The molecule has 3 N–H and O–H groups in total. The molecule has 0 aliphatic rings. The molecular weight excluding hydrogens is 184 g/mol. The van der Waals surface area contributed by atoms with Gasteiger partial charge in [0.05, 0.1) is 0 Å². The van der Waals surface area contributed by atoms with E-state index >= 15 is 0 Å². The first-order valence-corrected chi connectivity index (χ1v) is 4.65. The number of halogens is 1. The molecule has 0 unspecified atom stereocenters. The number of nitrogens with one attached hydrogen (secondary N) is 1. The topological polar surface area (TPSA) is 38.0 Å². The number of nitrogens with two attached hydrogens (primary N) is 1. The Labute approximate surface area is 84.1 Å². The second kappa shape index (κ2) is 3.99. The van der Waals surface area contributed by atoms with Crippen molar-refractivity contribution < 1.29 is 0 Å². The van der Waals surface area contributed by atoms with Crippen LogP contribution in [0.4, 0.5) is 5.69 Å². The predicted molar refractivity (Wildman–Crippen MR) is 58.2 cm³/mol. The fraction of sp³-hybridized carbons (Fsp3) is 0.400. The van der Waals surface area contributed by atoms with Crippen molar-refractivity contribution in [2.24, 2.45) is 5.73 Å². The Kier molecular flexibility index (Phi) is 3.17. The first kappa shape index (κ1) is 10.4. The van der Waals surface area contributed by atoms with Crippen molar-refractivity contribution in [3.05, 3.63) is 29.3 Å². The summed E-state index contributed by atoms with van der Waals surface area (Å²) in [6.45, 7) is 4.71. The Hall–Kier alpha value is -0.730. The molecule has 0 saturated carbocycles. The van der Waals surface area contributed by atoms with Crippen LogP contribution in [0.5, 0.6) is 0 Å². The molecule has 0 aliphatic carbocycles. The fourth-order valence-corrected chi connectivity index (χ4v) is 1.10. The van der Waals surface area contributed by atoms with Crippen LogP contribution in [0.2, 0.25) is 5.02 Å². The second-order valence-electron chi connectivity index (χ2n) is 3.72. The van der Waals surface area contributed by atoms with Crippen molar-refractivity contribution in [2.45, 2.75) is 19.4 Å². The predicted octanol–water partition coefficient (Wildman–Crippen LogP) is 2.49. The molecule has 0 atom stereocenters. The third-order valence-corrected chi connectivity index (χ3v) is 2.09. The fourth-order valence-electron chi connectivity index (χ4n) is 0.975. The lowest BCUT2D eigenvalue weighted by molar-refractivity contribution is 0.580. The van der Waals surface area contributed by atoms with Gasteiger partial charge in [0, 0.05) is 22.8 Å². The summed E-state index contributed by atoms with van der Waals surface area (Å²) in [7, 11) is 0. The molecule has 0 radical (unpaired) electrons. The summed E-state index contributed by atoms with van der Waals surface area (Å²) in [6, 6.07) is 7.60. The van der Waals surface area contributed by atoms with Gasteiger partial charge in [-0.2, -0.15) is 0 Å². The summed E-state index contributed by atoms with van der Waals surface area (Å²) in [5.41, 5.74) is 6.56. The van der Waals surface area contributed by atoms with Gasteiger partial charge in [-0.05, 0) is 38.1 Å². The molecule has 13 heavy (non-hydrogen) atoms. The minimum atomic E-state index is -0.0756. The summed E-state index contributed by atoms with van der Waals surface area (Å²) in [4.78, 5) is 0. The van der Waals surface area contributed by atoms with E-state index in [4.69, 9.17) is 17.3 Å². The van der Waals surface area contributed by atoms with Crippen molar-refractivity contribution in [1.82, 2.24) is 0 Å². The highest BCUT2D eigenvalue weighted by molar-refractivity contribution is 6.30. The Bertz CT molecular complexity index is 267. The standard InChI is InChI=1S/C10H15ClN2/c1-10(2,7-12)13-9-5-3-8(11)4-6-9/h3-6,13H,7,12H2,1-2H3. The first-order chi connectivity index (χ1) is 6.03. The van der Waals surface area contributed by atoms with Crippen LogP contribution in [0.15, 0.2) is 24.3 Å². The van der Waals surface area contributed by atoms with Gasteiger partial charge in [-0.3, -0.25) is 0 Å². The molecule has 1 aromatic rings. The van der Waals surface area contributed by atoms with Crippen molar-refractivity contribution in [2.75, 3.05) is 11.9 Å². The molecule has 0 bridgehead atoms. The number of hydrogen-bond donors (Lipinski definition) is 2. The zero-order valence-electron chi connectivity index (χ0n) is 7.97. The third-order valence-electron chi connectivity index (χ3n) is 1.84. The van der Waals surface area contributed by atoms with Gasteiger partial charge in [0.1, 0.15) is 0 Å². The highest BCUT2D eigenvalue weighted by Crippen LogP contribution is 2.17. The van der Waals surface area contributed by atoms with E-state index < -0.39 is 0 Å². The van der Waals surface area contributed by atoms with Crippen molar-refractivity contribution in [3.63, 3.8) is 0 Å². The number of benzene rings is 1. The molecule has 0 spiro atoms. The number of hydrogen-bond acceptors (Lipinski definition) is 2. The van der Waals surface area contributed by atoms with E-state index in [1.165, 1.54) is 0 Å². The smallest absolute Gasteiger partial charge is 0.0439 e. The van der Waals surface area contributed by atoms with E-state index in [-0.39, 0.29) is 5.54 Å². The van der Waals surface area contributed by atoms with Gasteiger partial charge in [0.25, 0.3) is 0 Å². The zero-order chi connectivity index (χ0) is 9.90. The lowest BCUT2D eigenvalue weighted by Gasteiger charge is -2.25. The monoisotopic (exact) mass is 198 g/mol. The Morgan fingerprint density at radius 1 is 1.31 bits per heavy atom. The Balaban J connectivity index is 2.69. The van der Waals surface area contributed by atoms with Crippen LogP contribution < -0.4 is 11.1 Å². The van der Waals surface area contributed by atoms with Gasteiger partial charge in [-0.1, -0.05) is 11.6 Å². The van der Waals surface area contributed by atoms with Gasteiger partial charge in [-0.15, -0.1) is 0 Å². The van der Waals surface area contributed by atoms with E-state index in [9.17, 15) is 0 Å². The van der Waals surface area contributed by atoms with Crippen LogP contribution in [0, 0.1) is 0 Å². The molecule has 0 saturated heterocycles. The normalized spacial score (nSPS) is 11.4. The average molecular weight is 199 g/mol. The second-order valence-corrected chi connectivity index (χ2v) is 4.16. The van der Waals surface area contributed by atoms with Crippen LogP contribution in [0.1, 0.15) is 13.8 Å². The highest BCUT2D eigenvalue weighted by Gasteiger charge is 2.13. The van der Waals surface area contributed by atoms with Crippen LogP contribution in [0.3, 0.4) is 0 Å². The summed E-state index contributed by atoms with van der Waals surface area (Å²) in [5, 5.41) is 4.06. The average Bonchev–Trinajstić information content (AvgIpc) is 2.09. The molecule has 0 amide bonds. The van der Waals surface area contributed by atoms with E-state index in [1.54, 1.807) is 0 Å². The lowest BCUT2D eigenvalue weighted by atomic mass is 10.1. The summed E-state index contributed by atoms with van der Waals surface area (Å²) >= 11 is 5.76. The number of anilines is 1. The van der Waals surface area contributed by atoms with Crippen LogP contribution in [0.25, 0.3) is 0 Å². The Morgan fingerprint density at radius 3 is 2.31 bits per heavy atom. The van der Waals surface area contributed by atoms with Crippen molar-refractivity contribution >= 4 is 17.3 Å². The number of rotatable bonds is 3. The quantitative estimate of drug-likeness (QED) is 0.783. The van der Waals surface area contributed by atoms with Gasteiger partial charge < -0.3 is 11.1 Å². The maximum Gasteiger partial charge on any atom is 0.0439 e. The minimum Gasteiger partial charge on any atom is -0.379 e. The maximum atomic E-state index is 5.76. The zero-order valence-corrected chi connectivity index (χ0v) is 8.73. The molecule has 0 heterocycles. The molecule has 0 aliphatic heterocycles. The largest absolute Gasteiger partial charge is 0.379 e. The van der Waals surface area contributed by atoms with Gasteiger partial charge in [0.2, 0.25) is 0 Å². The van der Waals surface area contributed by atoms with Gasteiger partial charge in [-0.25, -0.2) is 0 Å². The van der Waals surface area contributed by atoms with E-state index in [1.807, 2.05) is 24.3 Å². The molecular formula is C10H15ClN2. The van der Waals surface area contributed by atoms with Crippen LogP contribution in [-0.2, 0) is 0 Å². The molecule has 72 valence electrons. The summed E-state index contributed by atoms with van der Waals surface area (Å²) in [5.74, 6) is 0. The Morgan fingerprint density at radius 2 is 1.85 bits per heavy atom. The molecule has 1 rings (SSSR count). The SMILES string of the molecule is CC(C)(CN)Nc1ccc(Cl)cc1. The molecule has 2 nitrogen and oxygen atoms in total. The summed E-state index contributed by atoms with van der Waals surface area (Å²) in [6.07, 6.45) is 0. The lowest BCUT2D eigenvalue weighted by Crippen LogP contribution is -2.39. The molecule has 0 aromatic heterocycles. The maximum absolute atomic E-state index is 5.76. The van der Waals surface area contributed by atoms with Crippen LogP contribution in [-0.4, -0.2) is 12.1 Å². The first-order valence-electron chi connectivity index (χ1n) is 4.27. The third kappa shape index (κ3) is 3.25. The van der Waals surface area contributed by atoms with E-state index in [0.717, 1.165) is 10.7 Å². The summed E-state index contributed by atoms with van der Waals surface area (Å²) < 4.78 is 0. The molecule has 0 fully saturated rings. The highest BCUT2D eigenvalue weighted by atomic mass is 35.5. The van der Waals surface area contributed by atoms with Crippen molar-refractivity contribution in [1.29, 1.82) is 0 Å². The molecule has 1 aromatic carbocycles. The molecule has 3 heteroatoms. The van der Waals surface area contributed by atoms with E-state index in [2.05, 4.69) is 19.2 Å². The van der Waals surface area contributed by atoms with Gasteiger partial charge >= 0.3 is 0 Å². The minimum absolute atomic E-state index is 0.0756. The van der Waals surface area contributed by atoms with Gasteiger partial charge in [0.15, 0.2) is 0 Å².